The number of rotatable bonds is 6. The Bertz CT molecular complexity index is 468. The number of benzene rings is 1. The van der Waals surface area contributed by atoms with Crippen molar-refractivity contribution >= 4 is 5.97 Å². The second kappa shape index (κ2) is 7.48. The van der Waals surface area contributed by atoms with Crippen molar-refractivity contribution in [2.45, 2.75) is 53.9 Å². The fourth-order valence-electron chi connectivity index (χ4n) is 2.60. The summed E-state index contributed by atoms with van der Waals surface area (Å²) in [7, 11) is 0. The smallest absolute Gasteiger partial charge is 0.313 e. The lowest BCUT2D eigenvalue weighted by atomic mass is 9.96. The molecule has 2 atom stereocenters. The number of carbonyl (C=O) groups excluding carboxylic acids is 1. The lowest BCUT2D eigenvalue weighted by molar-refractivity contribution is -0.146. The van der Waals surface area contributed by atoms with Crippen LogP contribution in [0, 0.1) is 25.7 Å². The monoisotopic (exact) mass is 292 g/mol. The van der Waals surface area contributed by atoms with Gasteiger partial charge in [-0.25, -0.2) is 0 Å². The van der Waals surface area contributed by atoms with Crippen LogP contribution in [0.3, 0.4) is 0 Å². The topological polar surface area (TPSA) is 46.5 Å². The maximum atomic E-state index is 12.2. The third kappa shape index (κ3) is 5.07. The molecule has 1 aromatic carbocycles. The van der Waals surface area contributed by atoms with Crippen LogP contribution in [0.4, 0.5) is 0 Å². The Balaban J connectivity index is 2.66. The van der Waals surface area contributed by atoms with Gasteiger partial charge in [-0.15, -0.1) is 0 Å². The molecule has 3 nitrogen and oxygen atoms in total. The average molecular weight is 292 g/mol. The fourth-order valence-corrected chi connectivity index (χ4v) is 2.60. The van der Waals surface area contributed by atoms with Gasteiger partial charge in [0.25, 0.3) is 0 Å². The molecule has 0 fully saturated rings. The molecule has 118 valence electrons. The number of aromatic hydroxyl groups is 1. The summed E-state index contributed by atoms with van der Waals surface area (Å²) in [6.45, 7) is 12.4. The van der Waals surface area contributed by atoms with Crippen molar-refractivity contribution in [1.82, 2.24) is 0 Å². The Kier molecular flexibility index (Phi) is 6.25. The van der Waals surface area contributed by atoms with E-state index < -0.39 is 0 Å². The molecule has 0 saturated heterocycles. The van der Waals surface area contributed by atoms with Crippen LogP contribution in [0.1, 0.15) is 56.7 Å². The molecule has 21 heavy (non-hydrogen) atoms. The Morgan fingerprint density at radius 3 is 2.14 bits per heavy atom. The van der Waals surface area contributed by atoms with Gasteiger partial charge < -0.3 is 9.84 Å². The van der Waals surface area contributed by atoms with Gasteiger partial charge in [-0.05, 0) is 55.7 Å². The first-order chi connectivity index (χ1) is 9.72. The first kappa shape index (κ1) is 17.5. The van der Waals surface area contributed by atoms with Crippen LogP contribution in [-0.4, -0.2) is 17.7 Å². The van der Waals surface area contributed by atoms with Crippen molar-refractivity contribution < 1.29 is 14.6 Å². The zero-order chi connectivity index (χ0) is 16.2. The summed E-state index contributed by atoms with van der Waals surface area (Å²) < 4.78 is 5.43. The normalized spacial score (nSPS) is 14.0. The molecule has 0 aliphatic rings. The molecule has 0 bridgehead atoms. The van der Waals surface area contributed by atoms with Gasteiger partial charge in [-0.2, -0.15) is 0 Å². The molecule has 3 heteroatoms. The molecular formula is C18H28O3. The number of hydrogen-bond acceptors (Lipinski definition) is 3. The number of esters is 1. The summed E-state index contributed by atoms with van der Waals surface area (Å²) in [6, 6.07) is 3.71. The minimum absolute atomic E-state index is 0.199. The van der Waals surface area contributed by atoms with Gasteiger partial charge in [-0.1, -0.05) is 32.9 Å². The molecular weight excluding hydrogens is 264 g/mol. The lowest BCUT2D eigenvalue weighted by Crippen LogP contribution is -2.18. The molecule has 1 N–H and O–H groups in total. The second-order valence-corrected chi connectivity index (χ2v) is 6.59. The Labute approximate surface area is 128 Å². The van der Waals surface area contributed by atoms with Crippen LogP contribution >= 0.6 is 0 Å². The predicted octanol–water partition coefficient (Wildman–Crippen LogP) is 4.34. The molecule has 1 rings (SSSR count). The van der Waals surface area contributed by atoms with Crippen LogP contribution in [0.2, 0.25) is 0 Å². The van der Waals surface area contributed by atoms with Crippen molar-refractivity contribution in [3.8, 4) is 5.75 Å². The maximum absolute atomic E-state index is 12.2. The van der Waals surface area contributed by atoms with Gasteiger partial charge in [0.05, 0.1) is 12.5 Å². The van der Waals surface area contributed by atoms with Crippen molar-refractivity contribution in [2.24, 2.45) is 11.8 Å². The van der Waals surface area contributed by atoms with Gasteiger partial charge in [0.2, 0.25) is 0 Å². The van der Waals surface area contributed by atoms with E-state index in [9.17, 15) is 9.90 Å². The zero-order valence-corrected chi connectivity index (χ0v) is 14.1. The second-order valence-electron chi connectivity index (χ2n) is 6.59. The Hall–Kier alpha value is -1.51. The molecule has 0 aliphatic carbocycles. The molecule has 0 amide bonds. The SMILES string of the molecule is Cc1cc(C(C)C(=O)OCC(C)CC(C)C)cc(C)c1O. The van der Waals surface area contributed by atoms with Crippen LogP contribution < -0.4 is 0 Å². The summed E-state index contributed by atoms with van der Waals surface area (Å²) in [5.74, 6) is 0.775. The number of phenolic OH excluding ortho intramolecular Hbond substituents is 1. The van der Waals surface area contributed by atoms with Crippen LogP contribution in [0.25, 0.3) is 0 Å². The highest BCUT2D eigenvalue weighted by molar-refractivity contribution is 5.78. The highest BCUT2D eigenvalue weighted by atomic mass is 16.5. The number of aryl methyl sites for hydroxylation is 2. The quantitative estimate of drug-likeness (QED) is 0.793. The largest absolute Gasteiger partial charge is 0.507 e. The van der Waals surface area contributed by atoms with E-state index in [4.69, 9.17) is 4.74 Å². The number of hydrogen-bond donors (Lipinski definition) is 1. The molecule has 2 unspecified atom stereocenters. The van der Waals surface area contributed by atoms with E-state index in [0.717, 1.165) is 23.1 Å². The van der Waals surface area contributed by atoms with E-state index in [2.05, 4.69) is 20.8 Å². The van der Waals surface area contributed by atoms with Gasteiger partial charge in [0.15, 0.2) is 0 Å². The molecule has 0 heterocycles. The van der Waals surface area contributed by atoms with Gasteiger partial charge in [0.1, 0.15) is 5.75 Å². The van der Waals surface area contributed by atoms with E-state index >= 15 is 0 Å². The van der Waals surface area contributed by atoms with Gasteiger partial charge >= 0.3 is 5.97 Å². The minimum Gasteiger partial charge on any atom is -0.507 e. The number of carbonyl (C=O) groups is 1. The Morgan fingerprint density at radius 2 is 1.67 bits per heavy atom. The zero-order valence-electron chi connectivity index (χ0n) is 14.1. The van der Waals surface area contributed by atoms with Crippen molar-refractivity contribution in [2.75, 3.05) is 6.61 Å². The van der Waals surface area contributed by atoms with E-state index in [0.29, 0.717) is 24.2 Å². The molecule has 0 spiro atoms. The van der Waals surface area contributed by atoms with Crippen LogP contribution in [-0.2, 0) is 9.53 Å². The van der Waals surface area contributed by atoms with Crippen LogP contribution in [0.15, 0.2) is 12.1 Å². The third-order valence-electron chi connectivity index (χ3n) is 3.75. The first-order valence-corrected chi connectivity index (χ1v) is 7.69. The lowest BCUT2D eigenvalue weighted by Gasteiger charge is -2.17. The van der Waals surface area contributed by atoms with Crippen molar-refractivity contribution in [3.05, 3.63) is 28.8 Å². The Morgan fingerprint density at radius 1 is 1.14 bits per heavy atom. The third-order valence-corrected chi connectivity index (χ3v) is 3.75. The summed E-state index contributed by atoms with van der Waals surface area (Å²) >= 11 is 0. The highest BCUT2D eigenvalue weighted by Crippen LogP contribution is 2.27. The van der Waals surface area contributed by atoms with E-state index in [1.165, 1.54) is 0 Å². The van der Waals surface area contributed by atoms with Crippen molar-refractivity contribution in [3.63, 3.8) is 0 Å². The maximum Gasteiger partial charge on any atom is 0.313 e. The molecule has 1 aromatic rings. The molecule has 0 aliphatic heterocycles. The first-order valence-electron chi connectivity index (χ1n) is 7.69. The summed E-state index contributed by atoms with van der Waals surface area (Å²) in [6.07, 6.45) is 1.05. The average Bonchev–Trinajstić information content (AvgIpc) is 2.40. The van der Waals surface area contributed by atoms with Crippen LogP contribution in [0.5, 0.6) is 5.75 Å². The number of ether oxygens (including phenoxy) is 1. The summed E-state index contributed by atoms with van der Waals surface area (Å²) in [5, 5.41) is 9.79. The van der Waals surface area contributed by atoms with E-state index in [1.54, 1.807) is 0 Å². The highest BCUT2D eigenvalue weighted by Gasteiger charge is 2.19. The summed E-state index contributed by atoms with van der Waals surface area (Å²) in [4.78, 5) is 12.2. The molecule has 0 aromatic heterocycles. The van der Waals surface area contributed by atoms with E-state index in [1.807, 2.05) is 32.9 Å². The molecule has 0 radical (unpaired) electrons. The standard InChI is InChI=1S/C18H28O3/c1-11(2)7-12(3)10-21-18(20)15(6)16-8-13(4)17(19)14(5)9-16/h8-9,11-12,15,19H,7,10H2,1-6H3. The summed E-state index contributed by atoms with van der Waals surface area (Å²) in [5.41, 5.74) is 2.47. The van der Waals surface area contributed by atoms with Crippen molar-refractivity contribution in [1.29, 1.82) is 0 Å². The fraction of sp³-hybridized carbons (Fsp3) is 0.611. The number of phenols is 1. The van der Waals surface area contributed by atoms with E-state index in [-0.39, 0.29) is 11.9 Å². The molecule has 0 saturated carbocycles. The van der Waals surface area contributed by atoms with Gasteiger partial charge in [0, 0.05) is 0 Å². The predicted molar refractivity (Wildman–Crippen MR) is 85.6 cm³/mol. The minimum atomic E-state index is -0.311. The van der Waals surface area contributed by atoms with Gasteiger partial charge in [-0.3, -0.25) is 4.79 Å².